The Bertz CT molecular complexity index is 1390. The predicted octanol–water partition coefficient (Wildman–Crippen LogP) is 5.82. The van der Waals surface area contributed by atoms with Crippen LogP contribution >= 0.6 is 0 Å². The van der Waals surface area contributed by atoms with Crippen molar-refractivity contribution in [2.45, 2.75) is 89.1 Å². The minimum atomic E-state index is -1.85. The summed E-state index contributed by atoms with van der Waals surface area (Å²) in [5.74, 6) is -2.97. The van der Waals surface area contributed by atoms with Gasteiger partial charge in [0.2, 0.25) is 0 Å². The number of hydrogen-bond acceptors (Lipinski definition) is 9. The standard InChI is InChI=1S/C37H49FN2O8/c1-6-31(36(2,3)38)37(39-4,29-16-14-27(15-17-29)28-18-20-45-21-19-28)34(43)48-35(44)40(5)30(22-25-12-13-25)33(42)47-24-32(41)46-23-26-10-8-7-9-11-26/h7-11,14-17,25,28,30-31,39H,6,12-13,18-24H2,1-5H3/t30-,31?,37+/m0/s1. The average molecular weight is 669 g/mol. The number of hydrogen-bond donors (Lipinski definition) is 1. The molecule has 1 saturated heterocycles. The molecule has 2 fully saturated rings. The van der Waals surface area contributed by atoms with Crippen LogP contribution in [-0.4, -0.2) is 74.5 Å². The van der Waals surface area contributed by atoms with Crippen molar-refractivity contribution in [3.63, 3.8) is 0 Å². The molecule has 0 spiro atoms. The first-order valence-electron chi connectivity index (χ1n) is 16.8. The highest BCUT2D eigenvalue weighted by Gasteiger charge is 2.54. The van der Waals surface area contributed by atoms with E-state index in [0.717, 1.165) is 41.7 Å². The Kier molecular flexibility index (Phi) is 12.7. The minimum absolute atomic E-state index is 0.0248. The van der Waals surface area contributed by atoms with Crippen LogP contribution < -0.4 is 5.32 Å². The maximum atomic E-state index is 15.9. The second-order valence-electron chi connectivity index (χ2n) is 13.3. The second-order valence-corrected chi connectivity index (χ2v) is 13.3. The molecule has 1 heterocycles. The summed E-state index contributed by atoms with van der Waals surface area (Å²) in [4.78, 5) is 54.3. The number of likely N-dealkylation sites (N-methyl/N-ethyl adjacent to an activating group) is 2. The lowest BCUT2D eigenvalue weighted by molar-refractivity contribution is -0.163. The Morgan fingerprint density at radius 2 is 1.62 bits per heavy atom. The second kappa shape index (κ2) is 16.5. The van der Waals surface area contributed by atoms with E-state index in [4.69, 9.17) is 18.9 Å². The van der Waals surface area contributed by atoms with Crippen LogP contribution in [0.25, 0.3) is 0 Å². The molecule has 3 atom stereocenters. The molecule has 1 N–H and O–H groups in total. The Morgan fingerprint density at radius 3 is 2.19 bits per heavy atom. The molecule has 4 rings (SSSR count). The summed E-state index contributed by atoms with van der Waals surface area (Å²) in [6.07, 6.45) is 2.96. The van der Waals surface area contributed by atoms with Gasteiger partial charge in [0.05, 0.1) is 0 Å². The minimum Gasteiger partial charge on any atom is -0.458 e. The lowest BCUT2D eigenvalue weighted by Crippen LogP contribution is -2.59. The third-order valence-corrected chi connectivity index (χ3v) is 9.57. The quantitative estimate of drug-likeness (QED) is 0.142. The zero-order chi connectivity index (χ0) is 34.9. The molecule has 1 aliphatic heterocycles. The van der Waals surface area contributed by atoms with Crippen molar-refractivity contribution in [1.29, 1.82) is 0 Å². The molecule has 10 nitrogen and oxygen atoms in total. The van der Waals surface area contributed by atoms with E-state index in [-0.39, 0.29) is 25.4 Å². The molecule has 0 aromatic heterocycles. The number of rotatable bonds is 15. The fourth-order valence-electron chi connectivity index (χ4n) is 6.68. The highest BCUT2D eigenvalue weighted by atomic mass is 19.1. The number of ether oxygens (including phenoxy) is 4. The lowest BCUT2D eigenvalue weighted by atomic mass is 9.69. The Morgan fingerprint density at radius 1 is 0.979 bits per heavy atom. The predicted molar refractivity (Wildman–Crippen MR) is 177 cm³/mol. The van der Waals surface area contributed by atoms with Crippen LogP contribution in [0.1, 0.15) is 81.9 Å². The van der Waals surface area contributed by atoms with Crippen molar-refractivity contribution < 1.29 is 42.5 Å². The monoisotopic (exact) mass is 668 g/mol. The van der Waals surface area contributed by atoms with Crippen molar-refractivity contribution in [1.82, 2.24) is 10.2 Å². The van der Waals surface area contributed by atoms with E-state index >= 15 is 4.39 Å². The van der Waals surface area contributed by atoms with Gasteiger partial charge in [-0.3, -0.25) is 4.90 Å². The van der Waals surface area contributed by atoms with Gasteiger partial charge in [-0.1, -0.05) is 74.4 Å². The van der Waals surface area contributed by atoms with Gasteiger partial charge in [0.1, 0.15) is 23.9 Å². The van der Waals surface area contributed by atoms with Crippen LogP contribution in [0.5, 0.6) is 0 Å². The van der Waals surface area contributed by atoms with Gasteiger partial charge in [0.25, 0.3) is 0 Å². The average Bonchev–Trinajstić information content (AvgIpc) is 3.92. The van der Waals surface area contributed by atoms with Gasteiger partial charge in [-0.25, -0.2) is 23.6 Å². The van der Waals surface area contributed by atoms with Gasteiger partial charge >= 0.3 is 24.0 Å². The van der Waals surface area contributed by atoms with Crippen LogP contribution in [0.4, 0.5) is 9.18 Å². The Hall–Kier alpha value is -3.83. The van der Waals surface area contributed by atoms with Crippen LogP contribution in [0, 0.1) is 11.8 Å². The molecular formula is C37H49FN2O8. The van der Waals surface area contributed by atoms with E-state index in [1.165, 1.54) is 20.9 Å². The van der Waals surface area contributed by atoms with Crippen molar-refractivity contribution >= 4 is 24.0 Å². The highest BCUT2D eigenvalue weighted by Crippen LogP contribution is 2.42. The molecule has 1 unspecified atom stereocenters. The zero-order valence-corrected chi connectivity index (χ0v) is 28.7. The summed E-state index contributed by atoms with van der Waals surface area (Å²) in [7, 11) is 2.89. The fourth-order valence-corrected chi connectivity index (χ4v) is 6.68. The summed E-state index contributed by atoms with van der Waals surface area (Å²) in [5, 5.41) is 3.03. The molecular weight excluding hydrogens is 619 g/mol. The molecule has 2 aromatic rings. The summed E-state index contributed by atoms with van der Waals surface area (Å²) in [6, 6.07) is 15.4. The molecule has 11 heteroatoms. The fraction of sp³-hybridized carbons (Fsp3) is 0.568. The topological polar surface area (TPSA) is 120 Å². The molecule has 2 aromatic carbocycles. The Labute approximate surface area is 282 Å². The molecule has 48 heavy (non-hydrogen) atoms. The largest absolute Gasteiger partial charge is 0.458 e. The van der Waals surface area contributed by atoms with E-state index in [1.54, 1.807) is 38.2 Å². The molecule has 0 radical (unpaired) electrons. The van der Waals surface area contributed by atoms with Crippen LogP contribution in [-0.2, 0) is 45.5 Å². The van der Waals surface area contributed by atoms with Crippen molar-refractivity contribution in [2.24, 2.45) is 11.8 Å². The summed E-state index contributed by atoms with van der Waals surface area (Å²) in [6.45, 7) is 5.33. The number of nitrogens with one attached hydrogen (secondary N) is 1. The molecule has 2 aliphatic rings. The SMILES string of the molecule is CCC(C(C)(C)F)[C@@](NC)(C(=O)OC(=O)N(C)[C@@H](CC1CC1)C(=O)OCC(=O)OCc1ccccc1)c1ccc(C2CCOCC2)cc1. The van der Waals surface area contributed by atoms with Crippen LogP contribution in [0.3, 0.4) is 0 Å². The van der Waals surface area contributed by atoms with E-state index in [1.807, 2.05) is 30.3 Å². The molecule has 1 saturated carbocycles. The molecule has 1 amide bonds. The lowest BCUT2D eigenvalue weighted by Gasteiger charge is -2.43. The van der Waals surface area contributed by atoms with E-state index in [9.17, 15) is 19.2 Å². The first-order valence-corrected chi connectivity index (χ1v) is 16.8. The maximum Gasteiger partial charge on any atom is 0.418 e. The number of carbonyl (C=O) groups is 4. The van der Waals surface area contributed by atoms with Gasteiger partial charge in [0, 0.05) is 26.2 Å². The number of carbonyl (C=O) groups excluding carboxylic acids is 4. The first kappa shape index (κ1) is 37.0. The number of nitrogens with zero attached hydrogens (tertiary/aromatic N) is 1. The number of esters is 3. The van der Waals surface area contributed by atoms with Crippen LogP contribution in [0.2, 0.25) is 0 Å². The van der Waals surface area contributed by atoms with Gasteiger partial charge in [-0.15, -0.1) is 0 Å². The van der Waals surface area contributed by atoms with Crippen molar-refractivity contribution in [3.8, 4) is 0 Å². The van der Waals surface area contributed by atoms with Gasteiger partial charge in [-0.2, -0.15) is 0 Å². The van der Waals surface area contributed by atoms with Crippen molar-refractivity contribution in [2.75, 3.05) is 33.9 Å². The van der Waals surface area contributed by atoms with Crippen molar-refractivity contribution in [3.05, 3.63) is 71.3 Å². The number of halogens is 1. The molecule has 1 aliphatic carbocycles. The van der Waals surface area contributed by atoms with E-state index in [0.29, 0.717) is 24.7 Å². The third-order valence-electron chi connectivity index (χ3n) is 9.57. The number of benzene rings is 2. The van der Waals surface area contributed by atoms with Gasteiger partial charge in [0.15, 0.2) is 6.61 Å². The highest BCUT2D eigenvalue weighted by molar-refractivity contribution is 5.93. The maximum absolute atomic E-state index is 15.9. The van der Waals surface area contributed by atoms with E-state index in [2.05, 4.69) is 5.32 Å². The number of amides is 1. The Balaban J connectivity index is 1.50. The van der Waals surface area contributed by atoms with Gasteiger partial charge < -0.3 is 24.3 Å². The molecule has 0 bridgehead atoms. The summed E-state index contributed by atoms with van der Waals surface area (Å²) >= 11 is 0. The van der Waals surface area contributed by atoms with E-state index < -0.39 is 53.8 Å². The first-order chi connectivity index (χ1) is 22.9. The van der Waals surface area contributed by atoms with Gasteiger partial charge in [-0.05, 0) is 75.1 Å². The zero-order valence-electron chi connectivity index (χ0n) is 28.7. The summed E-state index contributed by atoms with van der Waals surface area (Å²) in [5.41, 5.74) is -1.24. The molecule has 262 valence electrons. The summed E-state index contributed by atoms with van der Waals surface area (Å²) < 4.78 is 37.3. The normalized spacial score (nSPS) is 17.8. The van der Waals surface area contributed by atoms with Crippen LogP contribution in [0.15, 0.2) is 54.6 Å². The number of alkyl halides is 1. The smallest absolute Gasteiger partial charge is 0.418 e. The third kappa shape index (κ3) is 9.19.